The van der Waals surface area contributed by atoms with Gasteiger partial charge in [-0.1, -0.05) is 85.8 Å². The summed E-state index contributed by atoms with van der Waals surface area (Å²) in [6.07, 6.45) is 9.43. The molecule has 0 spiro atoms. The highest BCUT2D eigenvalue weighted by atomic mass is 16.2. The Morgan fingerprint density at radius 2 is 1.67 bits per heavy atom. The molecule has 1 aromatic heterocycles. The lowest BCUT2D eigenvalue weighted by molar-refractivity contribution is -0.135. The number of fused-ring (bicyclic) bond motifs is 1. The van der Waals surface area contributed by atoms with E-state index < -0.39 is 0 Å². The summed E-state index contributed by atoms with van der Waals surface area (Å²) in [5.41, 5.74) is 6.05. The van der Waals surface area contributed by atoms with Crippen LogP contribution in [0, 0.1) is 13.8 Å². The van der Waals surface area contributed by atoms with E-state index in [9.17, 15) is 9.59 Å². The molecule has 0 atom stereocenters. The van der Waals surface area contributed by atoms with Crippen LogP contribution in [-0.2, 0) is 24.3 Å². The molecule has 1 N–H and O–H groups in total. The monoisotopic (exact) mass is 564 g/mol. The summed E-state index contributed by atoms with van der Waals surface area (Å²) in [4.78, 5) is 33.7. The first-order valence-electron chi connectivity index (χ1n) is 15.6. The first-order valence-corrected chi connectivity index (χ1v) is 15.6. The molecule has 1 aliphatic carbocycles. The number of imidazole rings is 1. The van der Waals surface area contributed by atoms with E-state index in [1.165, 1.54) is 24.8 Å². The number of para-hydroxylation sites is 2. The number of unbranched alkanes of at least 4 members (excludes halogenated alkanes) is 2. The number of amides is 2. The van der Waals surface area contributed by atoms with Crippen molar-refractivity contribution >= 4 is 22.8 Å². The van der Waals surface area contributed by atoms with E-state index in [2.05, 4.69) is 45.1 Å². The predicted molar refractivity (Wildman–Crippen MR) is 169 cm³/mol. The minimum Gasteiger partial charge on any atom is -0.352 e. The van der Waals surface area contributed by atoms with E-state index in [0.29, 0.717) is 25.7 Å². The summed E-state index contributed by atoms with van der Waals surface area (Å²) >= 11 is 0. The lowest BCUT2D eigenvalue weighted by Gasteiger charge is -2.35. The maximum absolute atomic E-state index is 14.0. The van der Waals surface area contributed by atoms with Crippen LogP contribution in [0.5, 0.6) is 0 Å². The van der Waals surface area contributed by atoms with Crippen molar-refractivity contribution in [1.82, 2.24) is 19.8 Å². The van der Waals surface area contributed by atoms with Crippen molar-refractivity contribution in [2.75, 3.05) is 6.54 Å². The van der Waals surface area contributed by atoms with Crippen molar-refractivity contribution in [3.8, 4) is 0 Å². The minimum absolute atomic E-state index is 0.00849. The number of carbonyl (C=O) groups excluding carboxylic acids is 2. The van der Waals surface area contributed by atoms with E-state index in [4.69, 9.17) is 4.98 Å². The highest BCUT2D eigenvalue weighted by molar-refractivity contribution is 5.95. The van der Waals surface area contributed by atoms with Gasteiger partial charge in [-0.2, -0.15) is 0 Å². The fourth-order valence-electron chi connectivity index (χ4n) is 6.26. The van der Waals surface area contributed by atoms with Crippen molar-refractivity contribution in [1.29, 1.82) is 0 Å². The minimum atomic E-state index is -0.00849. The number of benzene rings is 3. The average molecular weight is 565 g/mol. The Hall–Kier alpha value is -3.93. The third-order valence-electron chi connectivity index (χ3n) is 8.55. The Labute approximate surface area is 250 Å². The van der Waals surface area contributed by atoms with Gasteiger partial charge in [-0.25, -0.2) is 4.98 Å². The number of nitrogens with zero attached hydrogens (tertiary/aromatic N) is 3. The lowest BCUT2D eigenvalue weighted by Crippen LogP contribution is -2.42. The summed E-state index contributed by atoms with van der Waals surface area (Å²) in [5.74, 6) is 1.13. The Bertz CT molecular complexity index is 1490. The molecule has 2 amide bonds. The van der Waals surface area contributed by atoms with Gasteiger partial charge in [0.05, 0.1) is 11.0 Å². The normalized spacial score (nSPS) is 13.8. The molecule has 42 heavy (non-hydrogen) atoms. The van der Waals surface area contributed by atoms with E-state index in [-0.39, 0.29) is 11.8 Å². The van der Waals surface area contributed by atoms with Gasteiger partial charge in [0.25, 0.3) is 5.91 Å². The Balaban J connectivity index is 1.21. The van der Waals surface area contributed by atoms with E-state index in [0.717, 1.165) is 72.1 Å². The lowest BCUT2D eigenvalue weighted by atomic mass is 9.93. The van der Waals surface area contributed by atoms with Crippen LogP contribution in [0.3, 0.4) is 0 Å². The van der Waals surface area contributed by atoms with Crippen LogP contribution in [0.4, 0.5) is 0 Å². The van der Waals surface area contributed by atoms with Gasteiger partial charge in [0.2, 0.25) is 5.91 Å². The number of aryl methyl sites for hydroxylation is 3. The third-order valence-corrected chi connectivity index (χ3v) is 8.55. The van der Waals surface area contributed by atoms with Gasteiger partial charge in [0.1, 0.15) is 12.4 Å². The molecule has 4 aromatic rings. The molecule has 0 radical (unpaired) electrons. The SMILES string of the molecule is Cc1ccc(C(=O)NCCCCCc2nc3ccccc3n2CC(=O)N(Cc2ccccc2)C2CCCCC2)c(C)c1. The zero-order chi connectivity index (χ0) is 29.3. The zero-order valence-corrected chi connectivity index (χ0v) is 25.1. The van der Waals surface area contributed by atoms with Crippen LogP contribution in [0.15, 0.2) is 72.8 Å². The summed E-state index contributed by atoms with van der Waals surface area (Å²) < 4.78 is 2.14. The Kier molecular flexibility index (Phi) is 10.1. The molecule has 3 aromatic carbocycles. The van der Waals surface area contributed by atoms with Crippen LogP contribution >= 0.6 is 0 Å². The van der Waals surface area contributed by atoms with Crippen molar-refractivity contribution in [2.24, 2.45) is 0 Å². The maximum Gasteiger partial charge on any atom is 0.251 e. The largest absolute Gasteiger partial charge is 0.352 e. The summed E-state index contributed by atoms with van der Waals surface area (Å²) in [6, 6.07) is 24.7. The van der Waals surface area contributed by atoms with Crippen molar-refractivity contribution in [3.63, 3.8) is 0 Å². The van der Waals surface area contributed by atoms with Crippen LogP contribution in [0.25, 0.3) is 11.0 Å². The molecule has 0 bridgehead atoms. The second-order valence-corrected chi connectivity index (χ2v) is 11.8. The van der Waals surface area contributed by atoms with Gasteiger partial charge < -0.3 is 14.8 Å². The molecule has 6 heteroatoms. The first kappa shape index (κ1) is 29.6. The van der Waals surface area contributed by atoms with E-state index in [1.807, 2.05) is 56.3 Å². The molecular weight excluding hydrogens is 520 g/mol. The van der Waals surface area contributed by atoms with Crippen LogP contribution in [0.2, 0.25) is 0 Å². The molecule has 220 valence electrons. The molecule has 0 saturated heterocycles. The van der Waals surface area contributed by atoms with Gasteiger partial charge in [0.15, 0.2) is 0 Å². The Morgan fingerprint density at radius 1 is 0.905 bits per heavy atom. The summed E-state index contributed by atoms with van der Waals surface area (Å²) in [6.45, 7) is 5.63. The number of hydrogen-bond acceptors (Lipinski definition) is 3. The van der Waals surface area contributed by atoms with E-state index in [1.54, 1.807) is 0 Å². The number of carbonyl (C=O) groups is 2. The predicted octanol–water partition coefficient (Wildman–Crippen LogP) is 7.16. The van der Waals surface area contributed by atoms with Crippen LogP contribution in [0.1, 0.15) is 84.2 Å². The molecule has 5 rings (SSSR count). The second kappa shape index (κ2) is 14.3. The first-order chi connectivity index (χ1) is 20.5. The highest BCUT2D eigenvalue weighted by Gasteiger charge is 2.27. The zero-order valence-electron chi connectivity index (χ0n) is 25.1. The maximum atomic E-state index is 14.0. The quantitative estimate of drug-likeness (QED) is 0.186. The standard InChI is InChI=1S/C36H44N4O2/c1-27-21-22-31(28(2)24-27)36(42)37-23-13-5-10-20-34-38-32-18-11-12-19-33(32)40(34)26-35(41)39(30-16-8-4-9-17-30)25-29-14-6-3-7-15-29/h3,6-7,11-12,14-15,18-19,21-22,24,30H,4-5,8-10,13,16-17,20,23,25-26H2,1-2H3,(H,37,42). The number of hydrogen-bond donors (Lipinski definition) is 1. The number of nitrogens with one attached hydrogen (secondary N) is 1. The van der Waals surface area contributed by atoms with Crippen LogP contribution in [-0.4, -0.2) is 38.9 Å². The highest BCUT2D eigenvalue weighted by Crippen LogP contribution is 2.26. The molecule has 1 saturated carbocycles. The van der Waals surface area contributed by atoms with Gasteiger partial charge in [-0.3, -0.25) is 9.59 Å². The molecule has 0 aliphatic heterocycles. The van der Waals surface area contributed by atoms with Gasteiger partial charge in [-0.15, -0.1) is 0 Å². The molecule has 1 fully saturated rings. The molecule has 0 unspecified atom stereocenters. The molecule has 1 heterocycles. The van der Waals surface area contributed by atoms with Crippen molar-refractivity contribution in [3.05, 3.63) is 101 Å². The number of rotatable bonds is 12. The molecule has 6 nitrogen and oxygen atoms in total. The van der Waals surface area contributed by atoms with Crippen molar-refractivity contribution in [2.45, 2.75) is 90.8 Å². The fraction of sp³-hybridized carbons (Fsp3) is 0.417. The summed E-state index contributed by atoms with van der Waals surface area (Å²) in [7, 11) is 0. The third kappa shape index (κ3) is 7.47. The van der Waals surface area contributed by atoms with Gasteiger partial charge in [-0.05, 0) is 68.9 Å². The fourth-order valence-corrected chi connectivity index (χ4v) is 6.26. The molecule has 1 aliphatic rings. The van der Waals surface area contributed by atoms with E-state index >= 15 is 0 Å². The second-order valence-electron chi connectivity index (χ2n) is 11.8. The summed E-state index contributed by atoms with van der Waals surface area (Å²) in [5, 5.41) is 3.07. The smallest absolute Gasteiger partial charge is 0.251 e. The van der Waals surface area contributed by atoms with Gasteiger partial charge in [0, 0.05) is 31.1 Å². The Morgan fingerprint density at radius 3 is 2.45 bits per heavy atom. The van der Waals surface area contributed by atoms with Gasteiger partial charge >= 0.3 is 0 Å². The van der Waals surface area contributed by atoms with Crippen LogP contribution < -0.4 is 5.32 Å². The molecular formula is C36H44N4O2. The topological polar surface area (TPSA) is 67.2 Å². The van der Waals surface area contributed by atoms with Crippen molar-refractivity contribution < 1.29 is 9.59 Å². The average Bonchev–Trinajstić information content (AvgIpc) is 3.35. The number of aromatic nitrogens is 2.